The Labute approximate surface area is 187 Å². The Kier molecular flexibility index (Phi) is 8.71. The van der Waals surface area contributed by atoms with Crippen LogP contribution in [0.2, 0.25) is 0 Å². The summed E-state index contributed by atoms with van der Waals surface area (Å²) in [7, 11) is 2.91. The molecular weight excluding hydrogens is 408 g/mol. The maximum Gasteiger partial charge on any atom is 0.273 e. The molecule has 0 radical (unpaired) electrons. The van der Waals surface area contributed by atoms with E-state index < -0.39 is 0 Å². The molecular formula is C24H28N4O4. The van der Waals surface area contributed by atoms with Gasteiger partial charge < -0.3 is 25.5 Å². The van der Waals surface area contributed by atoms with Crippen molar-refractivity contribution in [3.63, 3.8) is 0 Å². The lowest BCUT2D eigenvalue weighted by Crippen LogP contribution is -2.29. The second kappa shape index (κ2) is 11.5. The van der Waals surface area contributed by atoms with Gasteiger partial charge >= 0.3 is 0 Å². The molecule has 0 aromatic heterocycles. The molecule has 0 aliphatic rings. The van der Waals surface area contributed by atoms with Crippen molar-refractivity contribution in [2.75, 3.05) is 14.2 Å². The van der Waals surface area contributed by atoms with Crippen molar-refractivity contribution in [1.29, 1.82) is 5.41 Å². The first-order valence-electron chi connectivity index (χ1n) is 9.93. The molecule has 0 heterocycles. The predicted octanol–water partition coefficient (Wildman–Crippen LogP) is 3.86. The monoisotopic (exact) mass is 436 g/mol. The minimum atomic E-state index is -0.365. The first-order valence-corrected chi connectivity index (χ1v) is 9.93. The molecule has 1 amide bonds. The van der Waals surface area contributed by atoms with E-state index in [4.69, 9.17) is 15.1 Å². The minimum absolute atomic E-state index is 0.0795. The first kappa shape index (κ1) is 24.3. The Morgan fingerprint density at radius 3 is 2.38 bits per heavy atom. The molecule has 0 fully saturated rings. The highest BCUT2D eigenvalue weighted by Gasteiger charge is 2.19. The zero-order chi connectivity index (χ0) is 23.7. The summed E-state index contributed by atoms with van der Waals surface area (Å²) < 4.78 is 0. The minimum Gasteiger partial charge on any atom is -0.513 e. The van der Waals surface area contributed by atoms with Crippen LogP contribution in [0.15, 0.2) is 64.6 Å². The van der Waals surface area contributed by atoms with Crippen LogP contribution in [0.25, 0.3) is 0 Å². The smallest absolute Gasteiger partial charge is 0.273 e. The van der Waals surface area contributed by atoms with Crippen LogP contribution in [-0.2, 0) is 21.1 Å². The number of hydrogen-bond donors (Lipinski definition) is 3. The van der Waals surface area contributed by atoms with Gasteiger partial charge in [0, 0.05) is 24.3 Å². The van der Waals surface area contributed by atoms with Crippen molar-refractivity contribution >= 4 is 23.0 Å². The number of hydrogen-bond acceptors (Lipinski definition) is 7. The zero-order valence-corrected chi connectivity index (χ0v) is 18.9. The molecule has 0 saturated carbocycles. The van der Waals surface area contributed by atoms with Gasteiger partial charge in [0.1, 0.15) is 13.7 Å². The molecule has 8 nitrogen and oxygen atoms in total. The van der Waals surface area contributed by atoms with Gasteiger partial charge in [0.15, 0.2) is 5.71 Å². The Morgan fingerprint density at radius 2 is 1.78 bits per heavy atom. The molecule has 0 aliphatic heterocycles. The molecule has 2 aromatic rings. The Balaban J connectivity index is 2.21. The number of allylic oxidation sites excluding steroid dienone is 2. The lowest BCUT2D eigenvalue weighted by Gasteiger charge is -2.13. The number of oxime groups is 2. The standard InChI is InChI=1S/C24H28N4O4/c1-15-7-6-8-20(23(28-31-5)24(30)26-4)21(15)14-32-27-17(3)18-9-11-19(12-10-18)22(25)13-16(2)29/h6-13,25,29H,14H2,1-5H3,(H,26,30)/b16-13-,25-22?,27-17+,28-23+. The van der Waals surface area contributed by atoms with E-state index in [2.05, 4.69) is 15.6 Å². The van der Waals surface area contributed by atoms with Gasteiger partial charge in [-0.1, -0.05) is 52.8 Å². The number of aliphatic hydroxyl groups excluding tert-OH is 1. The van der Waals surface area contributed by atoms with Gasteiger partial charge in [0.2, 0.25) is 0 Å². The quantitative estimate of drug-likeness (QED) is 0.314. The van der Waals surface area contributed by atoms with Crippen LogP contribution in [0.4, 0.5) is 0 Å². The second-order valence-corrected chi connectivity index (χ2v) is 7.03. The molecule has 168 valence electrons. The number of nitrogens with zero attached hydrogens (tertiary/aromatic N) is 2. The van der Waals surface area contributed by atoms with Crippen LogP contribution in [0.5, 0.6) is 0 Å². The van der Waals surface area contributed by atoms with E-state index >= 15 is 0 Å². The van der Waals surface area contributed by atoms with Gasteiger partial charge in [-0.15, -0.1) is 0 Å². The normalized spacial score (nSPS) is 12.3. The first-order chi connectivity index (χ1) is 15.3. The van der Waals surface area contributed by atoms with Gasteiger partial charge in [-0.2, -0.15) is 0 Å². The number of aryl methyl sites for hydroxylation is 1. The van der Waals surface area contributed by atoms with Crippen molar-refractivity contribution < 1.29 is 19.6 Å². The molecule has 3 N–H and O–H groups in total. The van der Waals surface area contributed by atoms with E-state index in [9.17, 15) is 9.90 Å². The van der Waals surface area contributed by atoms with Crippen LogP contribution in [0.1, 0.15) is 41.7 Å². The molecule has 0 atom stereocenters. The summed E-state index contributed by atoms with van der Waals surface area (Å²) in [5.74, 6) is -0.286. The summed E-state index contributed by atoms with van der Waals surface area (Å²) in [4.78, 5) is 22.7. The number of carbonyl (C=O) groups excluding carboxylic acids is 1. The summed E-state index contributed by atoms with van der Waals surface area (Å²) in [6, 6.07) is 12.8. The van der Waals surface area contributed by atoms with E-state index in [1.165, 1.54) is 27.2 Å². The van der Waals surface area contributed by atoms with Crippen LogP contribution in [-0.4, -0.2) is 42.3 Å². The number of nitrogens with one attached hydrogen (secondary N) is 2. The van der Waals surface area contributed by atoms with Crippen LogP contribution in [0.3, 0.4) is 0 Å². The third kappa shape index (κ3) is 6.28. The maximum absolute atomic E-state index is 12.2. The van der Waals surface area contributed by atoms with Gasteiger partial charge in [-0.25, -0.2) is 0 Å². The number of carbonyl (C=O) groups is 1. The van der Waals surface area contributed by atoms with E-state index in [1.54, 1.807) is 18.2 Å². The van der Waals surface area contributed by atoms with Crippen molar-refractivity contribution in [2.45, 2.75) is 27.4 Å². The lowest BCUT2D eigenvalue weighted by atomic mass is 9.98. The number of aliphatic hydroxyl groups is 1. The summed E-state index contributed by atoms with van der Waals surface area (Å²) in [6.45, 7) is 5.40. The predicted molar refractivity (Wildman–Crippen MR) is 125 cm³/mol. The summed E-state index contributed by atoms with van der Waals surface area (Å²) >= 11 is 0. The molecule has 0 spiro atoms. The topological polar surface area (TPSA) is 116 Å². The average Bonchev–Trinajstić information content (AvgIpc) is 2.77. The number of rotatable bonds is 9. The van der Waals surface area contributed by atoms with Crippen LogP contribution < -0.4 is 5.32 Å². The van der Waals surface area contributed by atoms with Crippen LogP contribution >= 0.6 is 0 Å². The number of amides is 1. The SMILES string of the molecule is CNC(=O)/C(=N/OC)c1cccc(C)c1CO/N=C(\C)c1ccc(C(=N)/C=C(/C)O)cc1. The highest BCUT2D eigenvalue weighted by atomic mass is 16.6. The van der Waals surface area contributed by atoms with Crippen molar-refractivity contribution in [2.24, 2.45) is 10.3 Å². The lowest BCUT2D eigenvalue weighted by molar-refractivity contribution is -0.114. The Morgan fingerprint density at radius 1 is 1.12 bits per heavy atom. The fraction of sp³-hybridized carbons (Fsp3) is 0.250. The third-order valence-corrected chi connectivity index (χ3v) is 4.67. The highest BCUT2D eigenvalue weighted by molar-refractivity contribution is 6.45. The largest absolute Gasteiger partial charge is 0.513 e. The fourth-order valence-corrected chi connectivity index (χ4v) is 2.97. The van der Waals surface area contributed by atoms with E-state index in [0.29, 0.717) is 16.8 Å². The van der Waals surface area contributed by atoms with Crippen molar-refractivity contribution in [1.82, 2.24) is 5.32 Å². The molecule has 0 aliphatic carbocycles. The fourth-order valence-electron chi connectivity index (χ4n) is 2.97. The highest BCUT2D eigenvalue weighted by Crippen LogP contribution is 2.18. The third-order valence-electron chi connectivity index (χ3n) is 4.67. The number of likely N-dealkylation sites (N-methyl/N-ethyl adjacent to an activating group) is 1. The Bertz CT molecular complexity index is 1070. The van der Waals surface area contributed by atoms with E-state index in [0.717, 1.165) is 16.7 Å². The molecule has 2 rings (SSSR count). The molecule has 0 unspecified atom stereocenters. The summed E-state index contributed by atoms with van der Waals surface area (Å²) in [5, 5.41) is 27.9. The molecule has 32 heavy (non-hydrogen) atoms. The zero-order valence-electron chi connectivity index (χ0n) is 18.9. The van der Waals surface area contributed by atoms with E-state index in [1.807, 2.05) is 38.1 Å². The molecule has 2 aromatic carbocycles. The molecule has 8 heteroatoms. The van der Waals surface area contributed by atoms with Gasteiger partial charge in [-0.05, 0) is 37.5 Å². The molecule has 0 saturated heterocycles. The summed E-state index contributed by atoms with van der Waals surface area (Å²) in [6.07, 6.45) is 1.39. The molecule has 0 bridgehead atoms. The van der Waals surface area contributed by atoms with E-state index in [-0.39, 0.29) is 29.7 Å². The second-order valence-electron chi connectivity index (χ2n) is 7.03. The average molecular weight is 437 g/mol. The van der Waals surface area contributed by atoms with Crippen molar-refractivity contribution in [3.8, 4) is 0 Å². The van der Waals surface area contributed by atoms with Gasteiger partial charge in [0.05, 0.1) is 17.2 Å². The maximum atomic E-state index is 12.2. The van der Waals surface area contributed by atoms with Gasteiger partial charge in [0.25, 0.3) is 5.91 Å². The Hall–Kier alpha value is -3.94. The summed E-state index contributed by atoms with van der Waals surface area (Å²) in [5.41, 5.74) is 4.86. The van der Waals surface area contributed by atoms with Crippen molar-refractivity contribution in [3.05, 3.63) is 82.1 Å². The number of benzene rings is 2. The van der Waals surface area contributed by atoms with Gasteiger partial charge in [-0.3, -0.25) is 4.79 Å². The van der Waals surface area contributed by atoms with Crippen LogP contribution in [0, 0.1) is 12.3 Å².